The van der Waals surface area contributed by atoms with Crippen LogP contribution in [0.1, 0.15) is 29.8 Å². The van der Waals surface area contributed by atoms with Gasteiger partial charge in [0.15, 0.2) is 5.69 Å². The number of alkyl halides is 6. The molecule has 2 aromatic carbocycles. The molecule has 0 saturated carbocycles. The fourth-order valence-electron chi connectivity index (χ4n) is 2.90. The maximum Gasteiger partial charge on any atom is 0.435 e. The largest absolute Gasteiger partial charge is 0.435 e. The lowest BCUT2D eigenvalue weighted by atomic mass is 10.0. The number of pyridine rings is 1. The summed E-state index contributed by atoms with van der Waals surface area (Å²) in [5, 5.41) is 2.58. The van der Waals surface area contributed by atoms with Crippen LogP contribution in [0.3, 0.4) is 0 Å². The second-order valence-corrected chi connectivity index (χ2v) is 6.59. The number of benzene rings is 2. The van der Waals surface area contributed by atoms with Crippen molar-refractivity contribution < 1.29 is 30.7 Å². The number of hydrogen-bond donors (Lipinski definition) is 1. The molecule has 0 radical (unpaired) electrons. The minimum Gasteiger partial charge on any atom is -0.377 e. The molecular weight excluding hydrogens is 413 g/mol. The first kappa shape index (κ1) is 21.6. The summed E-state index contributed by atoms with van der Waals surface area (Å²) in [7, 11) is 0. The van der Waals surface area contributed by atoms with Gasteiger partial charge in [0.05, 0.1) is 16.9 Å². The van der Waals surface area contributed by atoms with Gasteiger partial charge in [-0.05, 0) is 48.9 Å². The summed E-state index contributed by atoms with van der Waals surface area (Å²) in [6, 6.07) is 10.8. The van der Waals surface area contributed by atoms with Crippen LogP contribution < -0.4 is 5.32 Å². The topological polar surface area (TPSA) is 24.9 Å². The van der Waals surface area contributed by atoms with Gasteiger partial charge in [-0.15, -0.1) is 0 Å². The molecule has 0 amide bonds. The van der Waals surface area contributed by atoms with Crippen LogP contribution in [-0.2, 0) is 12.4 Å². The second-order valence-electron chi connectivity index (χ2n) is 6.59. The molecule has 0 bridgehead atoms. The Balaban J connectivity index is 1.96. The molecule has 0 aliphatic carbocycles. The molecule has 1 aromatic heterocycles. The smallest absolute Gasteiger partial charge is 0.377 e. The third kappa shape index (κ3) is 4.90. The molecule has 0 fully saturated rings. The van der Waals surface area contributed by atoms with Gasteiger partial charge in [-0.3, -0.25) is 0 Å². The van der Waals surface area contributed by atoms with Gasteiger partial charge >= 0.3 is 12.4 Å². The van der Waals surface area contributed by atoms with Crippen molar-refractivity contribution in [3.8, 4) is 11.3 Å². The standard InChI is InChI=1S/C21H15F7N2/c1-12(13-4-2-6-15(10-13)20(23,24)25)29-18-9-8-17(30-19(18)21(26,27)28)14-5-3-7-16(22)11-14/h2-12,29H,1H3. The van der Waals surface area contributed by atoms with Crippen molar-refractivity contribution in [1.82, 2.24) is 4.98 Å². The Labute approximate surface area is 167 Å². The average Bonchev–Trinajstić information content (AvgIpc) is 2.67. The Bertz CT molecular complexity index is 1040. The summed E-state index contributed by atoms with van der Waals surface area (Å²) >= 11 is 0. The first-order chi connectivity index (χ1) is 13.9. The highest BCUT2D eigenvalue weighted by atomic mass is 19.4. The van der Waals surface area contributed by atoms with Crippen molar-refractivity contribution in [2.75, 3.05) is 5.32 Å². The van der Waals surface area contributed by atoms with Crippen LogP contribution >= 0.6 is 0 Å². The molecule has 1 heterocycles. The van der Waals surface area contributed by atoms with Gasteiger partial charge in [0.25, 0.3) is 0 Å². The van der Waals surface area contributed by atoms with E-state index in [9.17, 15) is 30.7 Å². The molecule has 1 atom stereocenters. The zero-order valence-corrected chi connectivity index (χ0v) is 15.4. The van der Waals surface area contributed by atoms with Crippen LogP contribution in [0.15, 0.2) is 60.7 Å². The van der Waals surface area contributed by atoms with Crippen molar-refractivity contribution in [3.05, 3.63) is 83.3 Å². The van der Waals surface area contributed by atoms with E-state index in [0.29, 0.717) is 0 Å². The molecule has 0 spiro atoms. The Hall–Kier alpha value is -3.10. The maximum absolute atomic E-state index is 13.6. The number of hydrogen-bond acceptors (Lipinski definition) is 2. The number of halogens is 7. The van der Waals surface area contributed by atoms with Crippen molar-refractivity contribution in [2.45, 2.75) is 25.3 Å². The van der Waals surface area contributed by atoms with Crippen molar-refractivity contribution in [2.24, 2.45) is 0 Å². The number of rotatable bonds is 4. The Kier molecular flexibility index (Phi) is 5.74. The van der Waals surface area contributed by atoms with Crippen LogP contribution in [0.2, 0.25) is 0 Å². The van der Waals surface area contributed by atoms with Gasteiger partial charge in [-0.2, -0.15) is 26.3 Å². The molecule has 2 nitrogen and oxygen atoms in total. The van der Waals surface area contributed by atoms with Crippen molar-refractivity contribution >= 4 is 5.69 Å². The lowest BCUT2D eigenvalue weighted by Crippen LogP contribution is -2.16. The van der Waals surface area contributed by atoms with Gasteiger partial charge in [-0.1, -0.05) is 24.3 Å². The van der Waals surface area contributed by atoms with Gasteiger partial charge in [0.1, 0.15) is 5.82 Å². The Morgan fingerprint density at radius 3 is 2.17 bits per heavy atom. The summed E-state index contributed by atoms with van der Waals surface area (Å²) in [4.78, 5) is 3.62. The molecule has 0 saturated heterocycles. The third-order valence-electron chi connectivity index (χ3n) is 4.37. The Morgan fingerprint density at radius 1 is 0.833 bits per heavy atom. The molecule has 30 heavy (non-hydrogen) atoms. The van der Waals surface area contributed by atoms with E-state index >= 15 is 0 Å². The quantitative estimate of drug-likeness (QED) is 0.449. The summed E-state index contributed by atoms with van der Waals surface area (Å²) in [6.45, 7) is 1.44. The van der Waals surface area contributed by atoms with Gasteiger partial charge in [-0.25, -0.2) is 9.37 Å². The lowest BCUT2D eigenvalue weighted by Gasteiger charge is -2.20. The van der Waals surface area contributed by atoms with E-state index < -0.39 is 41.2 Å². The number of anilines is 1. The average molecular weight is 428 g/mol. The summed E-state index contributed by atoms with van der Waals surface area (Å²) < 4.78 is 92.8. The van der Waals surface area contributed by atoms with E-state index in [2.05, 4.69) is 10.3 Å². The first-order valence-electron chi connectivity index (χ1n) is 8.73. The van der Waals surface area contributed by atoms with Crippen molar-refractivity contribution in [3.63, 3.8) is 0 Å². The maximum atomic E-state index is 13.6. The highest BCUT2D eigenvalue weighted by Gasteiger charge is 2.36. The van der Waals surface area contributed by atoms with E-state index in [1.807, 2.05) is 0 Å². The van der Waals surface area contributed by atoms with Gasteiger partial charge < -0.3 is 5.32 Å². The van der Waals surface area contributed by atoms with E-state index in [1.54, 1.807) is 0 Å². The first-order valence-corrected chi connectivity index (χ1v) is 8.73. The zero-order chi connectivity index (χ0) is 22.1. The zero-order valence-electron chi connectivity index (χ0n) is 15.4. The summed E-state index contributed by atoms with van der Waals surface area (Å²) in [5.41, 5.74) is -2.30. The number of aromatic nitrogens is 1. The van der Waals surface area contributed by atoms with Crippen LogP contribution in [0, 0.1) is 5.82 Å². The third-order valence-corrected chi connectivity index (χ3v) is 4.37. The predicted molar refractivity (Wildman–Crippen MR) is 98.1 cm³/mol. The summed E-state index contributed by atoms with van der Waals surface area (Å²) in [6.07, 6.45) is -9.40. The summed E-state index contributed by atoms with van der Waals surface area (Å²) in [5.74, 6) is -0.622. The monoisotopic (exact) mass is 428 g/mol. The van der Waals surface area contributed by atoms with E-state index in [4.69, 9.17) is 0 Å². The van der Waals surface area contributed by atoms with Gasteiger partial charge in [0, 0.05) is 11.6 Å². The minimum absolute atomic E-state index is 0.0842. The van der Waals surface area contributed by atoms with Crippen LogP contribution in [0.5, 0.6) is 0 Å². The van der Waals surface area contributed by atoms with E-state index in [-0.39, 0.29) is 16.8 Å². The molecular formula is C21H15F7N2. The molecule has 0 aliphatic rings. The molecule has 3 aromatic rings. The highest BCUT2D eigenvalue weighted by molar-refractivity contribution is 5.63. The normalized spacial score (nSPS) is 13.2. The molecule has 1 N–H and O–H groups in total. The van der Waals surface area contributed by atoms with Crippen molar-refractivity contribution in [1.29, 1.82) is 0 Å². The SMILES string of the molecule is CC(Nc1ccc(-c2cccc(F)c2)nc1C(F)(F)F)c1cccc(C(F)(F)F)c1. The fourth-order valence-corrected chi connectivity index (χ4v) is 2.90. The number of nitrogens with one attached hydrogen (secondary N) is 1. The molecule has 9 heteroatoms. The van der Waals surface area contributed by atoms with Crippen LogP contribution in [-0.4, -0.2) is 4.98 Å². The Morgan fingerprint density at radius 2 is 1.53 bits per heavy atom. The minimum atomic E-state index is -4.83. The lowest BCUT2D eigenvalue weighted by molar-refractivity contribution is -0.140. The molecule has 0 aliphatic heterocycles. The van der Waals surface area contributed by atoms with Gasteiger partial charge in [0.2, 0.25) is 0 Å². The highest BCUT2D eigenvalue weighted by Crippen LogP contribution is 2.37. The molecule has 3 rings (SSSR count). The van der Waals surface area contributed by atoms with E-state index in [1.165, 1.54) is 37.3 Å². The number of nitrogens with zero attached hydrogens (tertiary/aromatic N) is 1. The van der Waals surface area contributed by atoms with Crippen LogP contribution in [0.4, 0.5) is 36.4 Å². The predicted octanol–water partition coefficient (Wildman–Crippen LogP) is 7.10. The molecule has 1 unspecified atom stereocenters. The molecule has 158 valence electrons. The second kappa shape index (κ2) is 7.97. The fraction of sp³-hybridized carbons (Fsp3) is 0.190. The van der Waals surface area contributed by atoms with Crippen LogP contribution in [0.25, 0.3) is 11.3 Å². The van der Waals surface area contributed by atoms with E-state index in [0.717, 1.165) is 30.3 Å².